The van der Waals surface area contributed by atoms with Gasteiger partial charge in [-0.3, -0.25) is 14.6 Å². The SMILES string of the molecule is CCOC(=O)C[C@@H]1CN(Cc2ccccc2)C[C@H](CC2OC(C)O2)N1[C@H](COC)c1ccccc1. The van der Waals surface area contributed by atoms with E-state index < -0.39 is 0 Å². The minimum atomic E-state index is -0.239. The van der Waals surface area contributed by atoms with Gasteiger partial charge in [0.25, 0.3) is 0 Å². The highest BCUT2D eigenvalue weighted by Gasteiger charge is 2.43. The van der Waals surface area contributed by atoms with Crippen LogP contribution in [0.15, 0.2) is 60.7 Å². The highest BCUT2D eigenvalue weighted by Crippen LogP contribution is 2.35. The van der Waals surface area contributed by atoms with Gasteiger partial charge in [0, 0.05) is 45.2 Å². The molecule has 0 N–H and O–H groups in total. The van der Waals surface area contributed by atoms with Crippen molar-refractivity contribution in [2.24, 2.45) is 0 Å². The van der Waals surface area contributed by atoms with Crippen LogP contribution in [0.5, 0.6) is 0 Å². The highest BCUT2D eigenvalue weighted by atomic mass is 16.9. The maximum Gasteiger partial charge on any atom is 0.307 e. The predicted molar refractivity (Wildman–Crippen MR) is 133 cm³/mol. The molecule has 2 aromatic carbocycles. The summed E-state index contributed by atoms with van der Waals surface area (Å²) >= 11 is 0. The number of hydrogen-bond acceptors (Lipinski definition) is 7. The second-order valence-electron chi connectivity index (χ2n) is 9.33. The number of carbonyl (C=O) groups excluding carboxylic acids is 1. The molecule has 7 heteroatoms. The summed E-state index contributed by atoms with van der Waals surface area (Å²) < 4.78 is 22.8. The second kappa shape index (κ2) is 12.6. The summed E-state index contributed by atoms with van der Waals surface area (Å²) in [7, 11) is 1.73. The van der Waals surface area contributed by atoms with Gasteiger partial charge in [-0.25, -0.2) is 0 Å². The normalized spacial score (nSPS) is 26.1. The predicted octanol–water partition coefficient (Wildman–Crippen LogP) is 3.99. The molecule has 0 aliphatic carbocycles. The third kappa shape index (κ3) is 6.90. The number of methoxy groups -OCH3 is 1. The van der Waals surface area contributed by atoms with Crippen molar-refractivity contribution >= 4 is 5.97 Å². The quantitative estimate of drug-likeness (QED) is 0.449. The number of esters is 1. The molecular formula is C28H38N2O5. The molecule has 190 valence electrons. The van der Waals surface area contributed by atoms with E-state index in [0.717, 1.165) is 26.1 Å². The number of rotatable bonds is 11. The van der Waals surface area contributed by atoms with Gasteiger partial charge < -0.3 is 18.9 Å². The molecule has 2 aliphatic heterocycles. The summed E-state index contributed by atoms with van der Waals surface area (Å²) in [6, 6.07) is 21.0. The Morgan fingerprint density at radius 1 is 1.03 bits per heavy atom. The molecule has 0 bridgehead atoms. The van der Waals surface area contributed by atoms with Gasteiger partial charge in [0.2, 0.25) is 0 Å². The number of hydrogen-bond donors (Lipinski definition) is 0. The number of ether oxygens (including phenoxy) is 4. The Morgan fingerprint density at radius 3 is 2.31 bits per heavy atom. The van der Waals surface area contributed by atoms with E-state index in [0.29, 0.717) is 19.6 Å². The Bertz CT molecular complexity index is 906. The molecule has 35 heavy (non-hydrogen) atoms. The first kappa shape index (κ1) is 25.8. The maximum absolute atomic E-state index is 12.7. The summed E-state index contributed by atoms with van der Waals surface area (Å²) in [4.78, 5) is 17.6. The van der Waals surface area contributed by atoms with E-state index in [1.54, 1.807) is 7.11 Å². The summed E-state index contributed by atoms with van der Waals surface area (Å²) in [5.41, 5.74) is 2.43. The monoisotopic (exact) mass is 482 g/mol. The number of nitrogens with zero attached hydrogens (tertiary/aromatic N) is 2. The van der Waals surface area contributed by atoms with Crippen LogP contribution in [0.3, 0.4) is 0 Å². The van der Waals surface area contributed by atoms with E-state index in [1.165, 1.54) is 11.1 Å². The first-order valence-electron chi connectivity index (χ1n) is 12.6. The van der Waals surface area contributed by atoms with Crippen molar-refractivity contribution in [1.29, 1.82) is 0 Å². The fourth-order valence-corrected chi connectivity index (χ4v) is 5.37. The Kier molecular flexibility index (Phi) is 9.29. The summed E-state index contributed by atoms with van der Waals surface area (Å²) in [5, 5.41) is 0. The molecule has 0 aromatic heterocycles. The minimum absolute atomic E-state index is 0.00185. The summed E-state index contributed by atoms with van der Waals surface area (Å²) in [6.07, 6.45) is 0.640. The Balaban J connectivity index is 1.65. The average Bonchev–Trinajstić information content (AvgIpc) is 2.83. The molecule has 2 heterocycles. The average molecular weight is 483 g/mol. The molecule has 2 aromatic rings. The summed E-state index contributed by atoms with van der Waals surface area (Å²) in [6.45, 7) is 7.11. The molecule has 3 atom stereocenters. The molecule has 0 unspecified atom stereocenters. The van der Waals surface area contributed by atoms with Crippen LogP contribution in [0.2, 0.25) is 0 Å². The van der Waals surface area contributed by atoms with E-state index in [-0.39, 0.29) is 36.7 Å². The van der Waals surface area contributed by atoms with E-state index in [4.69, 9.17) is 18.9 Å². The first-order valence-corrected chi connectivity index (χ1v) is 12.6. The molecule has 0 spiro atoms. The Labute approximate surface area is 208 Å². The fraction of sp³-hybridized carbons (Fsp3) is 0.536. The topological polar surface area (TPSA) is 60.5 Å². The van der Waals surface area contributed by atoms with Crippen molar-refractivity contribution in [2.45, 2.75) is 63.9 Å². The van der Waals surface area contributed by atoms with Gasteiger partial charge in [-0.2, -0.15) is 0 Å². The van der Waals surface area contributed by atoms with Crippen molar-refractivity contribution in [3.63, 3.8) is 0 Å². The van der Waals surface area contributed by atoms with Crippen LogP contribution in [-0.4, -0.2) is 73.8 Å². The van der Waals surface area contributed by atoms with Crippen molar-refractivity contribution in [3.05, 3.63) is 71.8 Å². The number of carbonyl (C=O) groups is 1. The molecule has 0 saturated carbocycles. The molecular weight excluding hydrogens is 444 g/mol. The van der Waals surface area contributed by atoms with Crippen LogP contribution < -0.4 is 0 Å². The zero-order valence-electron chi connectivity index (χ0n) is 21.0. The van der Waals surface area contributed by atoms with Gasteiger partial charge in [0.15, 0.2) is 12.6 Å². The third-order valence-corrected chi connectivity index (χ3v) is 6.76. The molecule has 2 saturated heterocycles. The smallest absolute Gasteiger partial charge is 0.307 e. The van der Waals surface area contributed by atoms with E-state index in [9.17, 15) is 4.79 Å². The lowest BCUT2D eigenvalue weighted by Crippen LogP contribution is -2.62. The molecule has 7 nitrogen and oxygen atoms in total. The Hall–Kier alpha value is -2.29. The van der Waals surface area contributed by atoms with Crippen molar-refractivity contribution in [3.8, 4) is 0 Å². The van der Waals surface area contributed by atoms with Crippen LogP contribution in [0.4, 0.5) is 0 Å². The minimum Gasteiger partial charge on any atom is -0.466 e. The van der Waals surface area contributed by atoms with Gasteiger partial charge in [-0.05, 0) is 25.0 Å². The summed E-state index contributed by atoms with van der Waals surface area (Å²) in [5.74, 6) is -0.170. The van der Waals surface area contributed by atoms with Crippen LogP contribution in [0.25, 0.3) is 0 Å². The molecule has 2 aliphatic rings. The van der Waals surface area contributed by atoms with E-state index in [1.807, 2.05) is 26.0 Å². The maximum atomic E-state index is 12.7. The lowest BCUT2D eigenvalue weighted by molar-refractivity contribution is -0.380. The van der Waals surface area contributed by atoms with Gasteiger partial charge in [0.1, 0.15) is 0 Å². The zero-order chi connectivity index (χ0) is 24.6. The molecule has 4 rings (SSSR count). The lowest BCUT2D eigenvalue weighted by atomic mass is 9.94. The van der Waals surface area contributed by atoms with Crippen molar-refractivity contribution in [2.75, 3.05) is 33.4 Å². The van der Waals surface area contributed by atoms with Gasteiger partial charge in [-0.1, -0.05) is 60.7 Å². The first-order chi connectivity index (χ1) is 17.1. The zero-order valence-corrected chi connectivity index (χ0v) is 21.0. The van der Waals surface area contributed by atoms with E-state index >= 15 is 0 Å². The molecule has 0 radical (unpaired) electrons. The van der Waals surface area contributed by atoms with Crippen LogP contribution in [0.1, 0.15) is 43.9 Å². The second-order valence-corrected chi connectivity index (χ2v) is 9.33. The molecule has 2 fully saturated rings. The number of piperazine rings is 1. The van der Waals surface area contributed by atoms with E-state index in [2.05, 4.69) is 58.3 Å². The molecule has 0 amide bonds. The van der Waals surface area contributed by atoms with Crippen LogP contribution in [0, 0.1) is 0 Å². The van der Waals surface area contributed by atoms with Crippen molar-refractivity contribution in [1.82, 2.24) is 9.80 Å². The number of benzene rings is 2. The van der Waals surface area contributed by atoms with Gasteiger partial charge in [0.05, 0.1) is 25.7 Å². The van der Waals surface area contributed by atoms with Crippen LogP contribution >= 0.6 is 0 Å². The third-order valence-electron chi connectivity index (χ3n) is 6.76. The standard InChI is InChI=1S/C28H38N2O5/c1-4-33-27(31)15-24-18-29(17-22-11-7-5-8-12-22)19-25(16-28-34-21(2)35-28)30(24)26(20-32-3)23-13-9-6-10-14-23/h5-14,21,24-26,28H,4,15-20H2,1-3H3/t21?,24-,25+,26-,28?/m1/s1. The lowest BCUT2D eigenvalue weighted by Gasteiger charge is -2.51. The fourth-order valence-electron chi connectivity index (χ4n) is 5.37. The van der Waals surface area contributed by atoms with Crippen molar-refractivity contribution < 1.29 is 23.7 Å². The van der Waals surface area contributed by atoms with Gasteiger partial charge in [-0.15, -0.1) is 0 Å². The highest BCUT2D eigenvalue weighted by molar-refractivity contribution is 5.70. The van der Waals surface area contributed by atoms with Crippen LogP contribution in [-0.2, 0) is 30.3 Å². The van der Waals surface area contributed by atoms with Gasteiger partial charge >= 0.3 is 5.97 Å². The Morgan fingerprint density at radius 2 is 1.69 bits per heavy atom. The largest absolute Gasteiger partial charge is 0.466 e.